The number of benzene rings is 1. The minimum Gasteiger partial charge on any atom is -0.374 e. The van der Waals surface area contributed by atoms with Crippen molar-refractivity contribution in [3.05, 3.63) is 44.1 Å². The van der Waals surface area contributed by atoms with E-state index in [1.807, 2.05) is 0 Å². The number of nitrogens with one attached hydrogen (secondary N) is 1. The van der Waals surface area contributed by atoms with Crippen molar-refractivity contribution in [3.63, 3.8) is 0 Å². The lowest BCUT2D eigenvalue weighted by molar-refractivity contribution is -0.384. The lowest BCUT2D eigenvalue weighted by Crippen LogP contribution is -2.04. The second kappa shape index (κ2) is 5.27. The van der Waals surface area contributed by atoms with E-state index in [1.54, 1.807) is 0 Å². The number of rotatable bonds is 4. The molecular formula is C9H7BrClFN2O2. The molecule has 0 spiro atoms. The van der Waals surface area contributed by atoms with Gasteiger partial charge in [0.15, 0.2) is 0 Å². The maximum absolute atomic E-state index is 13.2. The molecule has 0 saturated carbocycles. The van der Waals surface area contributed by atoms with E-state index in [0.717, 1.165) is 12.1 Å². The summed E-state index contributed by atoms with van der Waals surface area (Å²) >= 11 is 8.38. The Balaban J connectivity index is 3.09. The second-order valence-corrected chi connectivity index (χ2v) is 4.30. The van der Waals surface area contributed by atoms with Crippen LogP contribution in [0.15, 0.2) is 28.2 Å². The van der Waals surface area contributed by atoms with Gasteiger partial charge in [-0.2, -0.15) is 0 Å². The quantitative estimate of drug-likeness (QED) is 0.682. The Morgan fingerprint density at radius 1 is 1.69 bits per heavy atom. The third-order valence-electron chi connectivity index (χ3n) is 1.71. The zero-order valence-electron chi connectivity index (χ0n) is 7.97. The number of nitro groups is 1. The minimum atomic E-state index is -0.608. The van der Waals surface area contributed by atoms with Gasteiger partial charge in [-0.15, -0.1) is 0 Å². The summed E-state index contributed by atoms with van der Waals surface area (Å²) in [4.78, 5) is 10.1. The summed E-state index contributed by atoms with van der Waals surface area (Å²) in [6.07, 6.45) is 0. The SMILES string of the molecule is C=C(Cl)CNc1cc(F)c(Br)cc1[N+](=O)[O-]. The van der Waals surface area contributed by atoms with Gasteiger partial charge < -0.3 is 5.32 Å². The van der Waals surface area contributed by atoms with Gasteiger partial charge in [0.25, 0.3) is 5.69 Å². The lowest BCUT2D eigenvalue weighted by Gasteiger charge is -2.06. The van der Waals surface area contributed by atoms with Crippen LogP contribution >= 0.6 is 27.5 Å². The Hall–Kier alpha value is -1.14. The minimum absolute atomic E-state index is 0.0365. The molecule has 0 heterocycles. The van der Waals surface area contributed by atoms with Crippen LogP contribution in [0.4, 0.5) is 15.8 Å². The summed E-state index contributed by atoms with van der Waals surface area (Å²) in [5.74, 6) is -0.590. The Morgan fingerprint density at radius 3 is 2.81 bits per heavy atom. The molecule has 0 aliphatic carbocycles. The number of nitrogens with zero attached hydrogens (tertiary/aromatic N) is 1. The van der Waals surface area contributed by atoms with Gasteiger partial charge >= 0.3 is 0 Å². The molecule has 0 atom stereocenters. The highest BCUT2D eigenvalue weighted by Gasteiger charge is 2.17. The van der Waals surface area contributed by atoms with Crippen LogP contribution in [-0.2, 0) is 0 Å². The van der Waals surface area contributed by atoms with Gasteiger partial charge in [0.1, 0.15) is 11.5 Å². The Morgan fingerprint density at radius 2 is 2.31 bits per heavy atom. The molecule has 1 aromatic rings. The van der Waals surface area contributed by atoms with Gasteiger partial charge in [-0.25, -0.2) is 4.39 Å². The van der Waals surface area contributed by atoms with E-state index in [1.165, 1.54) is 0 Å². The second-order valence-electron chi connectivity index (χ2n) is 2.91. The number of hydrogen-bond acceptors (Lipinski definition) is 3. The Kier molecular flexibility index (Phi) is 4.26. The molecule has 0 fully saturated rings. The van der Waals surface area contributed by atoms with Crippen LogP contribution in [0.25, 0.3) is 0 Å². The summed E-state index contributed by atoms with van der Waals surface area (Å²) < 4.78 is 13.2. The van der Waals surface area contributed by atoms with E-state index in [2.05, 4.69) is 27.8 Å². The molecule has 0 saturated heterocycles. The van der Waals surface area contributed by atoms with Crippen LogP contribution in [0.3, 0.4) is 0 Å². The van der Waals surface area contributed by atoms with Crippen molar-refractivity contribution in [3.8, 4) is 0 Å². The summed E-state index contributed by atoms with van der Waals surface area (Å²) in [6.45, 7) is 3.54. The molecule has 1 N–H and O–H groups in total. The van der Waals surface area contributed by atoms with Crippen molar-refractivity contribution in [1.29, 1.82) is 0 Å². The van der Waals surface area contributed by atoms with Crippen LogP contribution in [0.2, 0.25) is 0 Å². The highest BCUT2D eigenvalue weighted by Crippen LogP contribution is 2.30. The predicted octanol–water partition coefficient (Wildman–Crippen LogP) is 3.66. The highest BCUT2D eigenvalue weighted by molar-refractivity contribution is 9.10. The van der Waals surface area contributed by atoms with Crippen molar-refractivity contribution in [1.82, 2.24) is 0 Å². The smallest absolute Gasteiger partial charge is 0.293 e. The largest absolute Gasteiger partial charge is 0.374 e. The summed E-state index contributed by atoms with van der Waals surface area (Å²) in [7, 11) is 0. The molecular weight excluding hydrogens is 302 g/mol. The average Bonchev–Trinajstić information content (AvgIpc) is 2.18. The third-order valence-corrected chi connectivity index (χ3v) is 2.45. The first-order valence-corrected chi connectivity index (χ1v) is 5.29. The van der Waals surface area contributed by atoms with Gasteiger partial charge in [0.2, 0.25) is 0 Å². The third kappa shape index (κ3) is 3.18. The van der Waals surface area contributed by atoms with E-state index in [0.29, 0.717) is 0 Å². The molecule has 0 unspecified atom stereocenters. The normalized spacial score (nSPS) is 9.94. The molecule has 16 heavy (non-hydrogen) atoms. The molecule has 0 bridgehead atoms. The maximum atomic E-state index is 13.2. The summed E-state index contributed by atoms with van der Waals surface area (Å²) in [5, 5.41) is 13.6. The van der Waals surface area contributed by atoms with E-state index in [4.69, 9.17) is 11.6 Å². The van der Waals surface area contributed by atoms with Crippen molar-refractivity contribution >= 4 is 38.9 Å². The molecule has 4 nitrogen and oxygen atoms in total. The highest BCUT2D eigenvalue weighted by atomic mass is 79.9. The molecule has 1 rings (SSSR count). The number of anilines is 1. The zero-order chi connectivity index (χ0) is 12.3. The topological polar surface area (TPSA) is 55.2 Å². The van der Waals surface area contributed by atoms with Gasteiger partial charge in [0.05, 0.1) is 15.9 Å². The van der Waals surface area contributed by atoms with Crippen LogP contribution < -0.4 is 5.32 Å². The van der Waals surface area contributed by atoms with Gasteiger partial charge in [-0.05, 0) is 15.9 Å². The summed E-state index contributed by atoms with van der Waals surface area (Å²) in [5.41, 5.74) is -0.168. The zero-order valence-corrected chi connectivity index (χ0v) is 10.3. The first kappa shape index (κ1) is 12.9. The molecule has 0 radical (unpaired) electrons. The van der Waals surface area contributed by atoms with Crippen molar-refractivity contribution in [2.45, 2.75) is 0 Å². The fourth-order valence-corrected chi connectivity index (χ4v) is 1.42. The van der Waals surface area contributed by atoms with Crippen LogP contribution in [0, 0.1) is 15.9 Å². The number of nitro benzene ring substituents is 1. The molecule has 7 heteroatoms. The first-order valence-electron chi connectivity index (χ1n) is 4.12. The van der Waals surface area contributed by atoms with Gasteiger partial charge in [-0.1, -0.05) is 18.2 Å². The van der Waals surface area contributed by atoms with E-state index < -0.39 is 10.7 Å². The predicted molar refractivity (Wildman–Crippen MR) is 64.2 cm³/mol. The fourth-order valence-electron chi connectivity index (χ4n) is 1.02. The van der Waals surface area contributed by atoms with Crippen LogP contribution in [-0.4, -0.2) is 11.5 Å². The van der Waals surface area contributed by atoms with E-state index in [9.17, 15) is 14.5 Å². The van der Waals surface area contributed by atoms with Crippen molar-refractivity contribution in [2.75, 3.05) is 11.9 Å². The van der Waals surface area contributed by atoms with E-state index >= 15 is 0 Å². The standard InChI is InChI=1S/C9H7BrClFN2O2/c1-5(11)4-13-8-3-7(12)6(10)2-9(8)14(15)16/h2-3,13H,1,4H2. The van der Waals surface area contributed by atoms with Crippen LogP contribution in [0.1, 0.15) is 0 Å². The Labute approximate surface area is 104 Å². The molecule has 1 aromatic carbocycles. The van der Waals surface area contributed by atoms with Gasteiger partial charge in [-0.3, -0.25) is 10.1 Å². The lowest BCUT2D eigenvalue weighted by atomic mass is 10.2. The molecule has 0 aliphatic rings. The van der Waals surface area contributed by atoms with Gasteiger partial charge in [0, 0.05) is 17.2 Å². The van der Waals surface area contributed by atoms with Crippen molar-refractivity contribution in [2.24, 2.45) is 0 Å². The van der Waals surface area contributed by atoms with Crippen LogP contribution in [0.5, 0.6) is 0 Å². The molecule has 0 aromatic heterocycles. The maximum Gasteiger partial charge on any atom is 0.293 e. The number of hydrogen-bond donors (Lipinski definition) is 1. The molecule has 86 valence electrons. The number of halogens is 3. The molecule has 0 amide bonds. The first-order chi connectivity index (χ1) is 7.41. The van der Waals surface area contributed by atoms with Crippen molar-refractivity contribution < 1.29 is 9.31 Å². The monoisotopic (exact) mass is 308 g/mol. The Bertz CT molecular complexity index is 453. The fraction of sp³-hybridized carbons (Fsp3) is 0.111. The van der Waals surface area contributed by atoms with E-state index in [-0.39, 0.29) is 27.4 Å². The molecule has 0 aliphatic heterocycles. The average molecular weight is 310 g/mol. The summed E-state index contributed by atoms with van der Waals surface area (Å²) in [6, 6.07) is 2.12.